The molecule has 0 unspecified atom stereocenters. The van der Waals surface area contributed by atoms with Crippen LogP contribution in [0.4, 0.5) is 0 Å². The zero-order chi connectivity index (χ0) is 8.53. The van der Waals surface area contributed by atoms with Crippen LogP contribution in [-0.2, 0) is 4.79 Å². The Bertz CT molecular complexity index is 191. The minimum Gasteiger partial charge on any atom is -0.481 e. The van der Waals surface area contributed by atoms with Gasteiger partial charge in [0.25, 0.3) is 0 Å². The van der Waals surface area contributed by atoms with E-state index in [0.29, 0.717) is 5.88 Å². The van der Waals surface area contributed by atoms with Crippen LogP contribution in [-0.4, -0.2) is 17.8 Å². The largest absolute Gasteiger partial charge is 0.481 e. The molecule has 60 valence electrons. The number of hydrogen-bond donors (Lipinski definition) is 0. The molecule has 0 aliphatic carbocycles. The van der Waals surface area contributed by atoms with E-state index >= 15 is 0 Å². The van der Waals surface area contributed by atoms with Gasteiger partial charge in [-0.05, 0) is 17.7 Å². The maximum Gasteiger partial charge on any atom is 0.212 e. The van der Waals surface area contributed by atoms with Crippen molar-refractivity contribution in [2.75, 3.05) is 7.11 Å². The highest BCUT2D eigenvalue weighted by atomic mass is 35.5. The van der Waals surface area contributed by atoms with Gasteiger partial charge in [-0.3, -0.25) is 4.79 Å². The maximum absolute atomic E-state index is 8.57. The molecule has 0 aliphatic rings. The van der Waals surface area contributed by atoms with Crippen LogP contribution in [0.5, 0.6) is 5.88 Å². The van der Waals surface area contributed by atoms with Crippen LogP contribution in [0.15, 0.2) is 24.4 Å². The molecule has 0 bridgehead atoms. The number of hydrogen-bond acceptors (Lipinski definition) is 3. The summed E-state index contributed by atoms with van der Waals surface area (Å²) in [7, 11) is 1.60. The van der Waals surface area contributed by atoms with E-state index < -0.39 is 0 Å². The first-order chi connectivity index (χ1) is 5.35. The van der Waals surface area contributed by atoms with Crippen molar-refractivity contribution >= 4 is 17.3 Å². The van der Waals surface area contributed by atoms with Crippen molar-refractivity contribution < 1.29 is 9.53 Å². The number of methoxy groups -OCH3 is 1. The van der Waals surface area contributed by atoms with E-state index in [9.17, 15) is 0 Å². The fourth-order valence-corrected chi connectivity index (χ4v) is 0.468. The van der Waals surface area contributed by atoms with Gasteiger partial charge in [-0.1, -0.05) is 6.07 Å². The molecule has 11 heavy (non-hydrogen) atoms. The third-order valence-corrected chi connectivity index (χ3v) is 0.847. The molecule has 0 aromatic carbocycles. The quantitative estimate of drug-likeness (QED) is 0.477. The summed E-state index contributed by atoms with van der Waals surface area (Å²) in [5.74, 6) is 0.882. The third-order valence-electron chi connectivity index (χ3n) is 0.847. The summed E-state index contributed by atoms with van der Waals surface area (Å²) in [5, 5.41) is 0. The second-order valence-corrected chi connectivity index (χ2v) is 1.64. The van der Waals surface area contributed by atoms with Gasteiger partial charge in [-0.15, -0.1) is 0 Å². The highest BCUT2D eigenvalue weighted by Crippen LogP contribution is 1.99. The van der Waals surface area contributed by atoms with Crippen molar-refractivity contribution in [3.8, 4) is 5.88 Å². The van der Waals surface area contributed by atoms with E-state index in [1.165, 1.54) is 0 Å². The molecule has 0 amide bonds. The summed E-state index contributed by atoms with van der Waals surface area (Å²) in [6.07, 6.45) is 1.69. The van der Waals surface area contributed by atoms with E-state index in [-0.39, 0.29) is 5.75 Å². The van der Waals surface area contributed by atoms with Gasteiger partial charge < -0.3 is 4.74 Å². The predicted octanol–water partition coefficient (Wildman–Crippen LogP) is 1.51. The van der Waals surface area contributed by atoms with Gasteiger partial charge >= 0.3 is 0 Å². The molecule has 0 fully saturated rings. The molecule has 1 aromatic heterocycles. The summed E-state index contributed by atoms with van der Waals surface area (Å²) >= 11 is 4.32. The first-order valence-corrected chi connectivity index (χ1v) is 3.27. The van der Waals surface area contributed by atoms with Crippen molar-refractivity contribution in [2.45, 2.75) is 0 Å². The molecule has 1 aromatic rings. The Kier molecular flexibility index (Phi) is 6.33. The summed E-state index contributed by atoms with van der Waals surface area (Å²) < 4.78 is 4.80. The molecular weight excluding hydrogens is 166 g/mol. The fourth-order valence-electron chi connectivity index (χ4n) is 0.468. The van der Waals surface area contributed by atoms with Crippen molar-refractivity contribution in [1.29, 1.82) is 0 Å². The van der Waals surface area contributed by atoms with Crippen LogP contribution < -0.4 is 4.74 Å². The van der Waals surface area contributed by atoms with Gasteiger partial charge in [0.1, 0.15) is 0 Å². The minimum absolute atomic E-state index is 0.222. The van der Waals surface area contributed by atoms with E-state index in [2.05, 4.69) is 16.6 Å². The zero-order valence-electron chi connectivity index (χ0n) is 6.03. The summed E-state index contributed by atoms with van der Waals surface area (Å²) in [5.41, 5.74) is 0. The Hall–Kier alpha value is -1.09. The molecule has 0 spiro atoms. The van der Waals surface area contributed by atoms with Crippen LogP contribution in [0.2, 0.25) is 0 Å². The number of nitrogens with zero attached hydrogens (tertiary/aromatic N) is 1. The Labute approximate surface area is 70.0 Å². The van der Waals surface area contributed by atoms with Crippen molar-refractivity contribution in [1.82, 2.24) is 4.98 Å². The van der Waals surface area contributed by atoms with E-state index in [4.69, 9.17) is 9.53 Å². The van der Waals surface area contributed by atoms with Crippen LogP contribution in [0.1, 0.15) is 0 Å². The summed E-state index contributed by atoms with van der Waals surface area (Å²) in [6, 6.07) is 5.54. The number of ether oxygens (including phenoxy) is 1. The molecule has 0 N–H and O–H groups in total. The Morgan fingerprint density at radius 3 is 2.55 bits per heavy atom. The lowest BCUT2D eigenvalue weighted by Gasteiger charge is -1.92. The topological polar surface area (TPSA) is 39.2 Å². The SMILES string of the molecule is COc1ccccn1.O=CCl. The second-order valence-electron chi connectivity index (χ2n) is 1.46. The third kappa shape index (κ3) is 5.36. The van der Waals surface area contributed by atoms with Crippen molar-refractivity contribution in [3.05, 3.63) is 24.4 Å². The van der Waals surface area contributed by atoms with Gasteiger partial charge in [0.2, 0.25) is 11.6 Å². The molecule has 0 radical (unpaired) electrons. The number of pyridine rings is 1. The summed E-state index contributed by atoms with van der Waals surface area (Å²) in [4.78, 5) is 12.4. The molecule has 1 heterocycles. The van der Waals surface area contributed by atoms with Gasteiger partial charge in [0.05, 0.1) is 7.11 Å². The van der Waals surface area contributed by atoms with Crippen LogP contribution in [0.3, 0.4) is 0 Å². The summed E-state index contributed by atoms with van der Waals surface area (Å²) in [6.45, 7) is 0. The number of halogens is 1. The standard InChI is InChI=1S/C6H7NO.CHClO/c1-8-6-4-2-3-5-7-6;2-1-3/h2-5H,1H3;1H. The van der Waals surface area contributed by atoms with E-state index in [1.54, 1.807) is 19.4 Å². The fraction of sp³-hybridized carbons (Fsp3) is 0.143. The lowest BCUT2D eigenvalue weighted by atomic mass is 10.5. The molecular formula is C7H8ClNO2. The number of carbonyl (C=O) groups is 1. The second kappa shape index (κ2) is 7.02. The molecule has 3 nitrogen and oxygen atoms in total. The van der Waals surface area contributed by atoms with Gasteiger partial charge in [0.15, 0.2) is 0 Å². The highest BCUT2D eigenvalue weighted by Gasteiger charge is 1.82. The van der Waals surface area contributed by atoms with Crippen molar-refractivity contribution in [3.63, 3.8) is 0 Å². The predicted molar refractivity (Wildman–Crippen MR) is 43.4 cm³/mol. The Morgan fingerprint density at radius 2 is 2.27 bits per heavy atom. The van der Waals surface area contributed by atoms with Crippen LogP contribution in [0.25, 0.3) is 0 Å². The molecule has 0 saturated heterocycles. The lowest BCUT2D eigenvalue weighted by molar-refractivity contribution is 0.398. The molecule has 4 heteroatoms. The zero-order valence-corrected chi connectivity index (χ0v) is 6.78. The minimum atomic E-state index is 0.222. The van der Waals surface area contributed by atoms with Gasteiger partial charge in [-0.25, -0.2) is 4.98 Å². The molecule has 0 saturated carbocycles. The molecule has 1 rings (SSSR count). The average molecular weight is 174 g/mol. The normalized spacial score (nSPS) is 7.45. The van der Waals surface area contributed by atoms with Crippen LogP contribution in [0, 0.1) is 0 Å². The monoisotopic (exact) mass is 173 g/mol. The Balaban J connectivity index is 0.000000292. The maximum atomic E-state index is 8.57. The van der Waals surface area contributed by atoms with Crippen molar-refractivity contribution in [2.24, 2.45) is 0 Å². The Morgan fingerprint density at radius 1 is 1.64 bits per heavy atom. The van der Waals surface area contributed by atoms with E-state index in [0.717, 1.165) is 0 Å². The first kappa shape index (κ1) is 9.91. The van der Waals surface area contributed by atoms with Crippen LogP contribution >= 0.6 is 11.6 Å². The first-order valence-electron chi connectivity index (χ1n) is 2.84. The number of carbonyl (C=O) groups excluding carboxylic acids is 1. The smallest absolute Gasteiger partial charge is 0.212 e. The number of aromatic nitrogens is 1. The molecule has 0 atom stereocenters. The molecule has 0 aliphatic heterocycles. The van der Waals surface area contributed by atoms with Gasteiger partial charge in [-0.2, -0.15) is 0 Å². The number of rotatable bonds is 1. The van der Waals surface area contributed by atoms with Gasteiger partial charge in [0, 0.05) is 12.3 Å². The highest BCUT2D eigenvalue weighted by molar-refractivity contribution is 6.54. The average Bonchev–Trinajstić information content (AvgIpc) is 2.08. The van der Waals surface area contributed by atoms with E-state index in [1.807, 2.05) is 12.1 Å². The lowest BCUT2D eigenvalue weighted by Crippen LogP contribution is -1.83.